The van der Waals surface area contributed by atoms with Crippen LogP contribution in [-0.2, 0) is 4.79 Å². The highest BCUT2D eigenvalue weighted by atomic mass is 16.1. The van der Waals surface area contributed by atoms with E-state index in [2.05, 4.69) is 73.0 Å². The molecule has 0 aliphatic heterocycles. The zero-order valence-corrected chi connectivity index (χ0v) is 15.5. The first-order valence-corrected chi connectivity index (χ1v) is 9.33. The zero-order valence-electron chi connectivity index (χ0n) is 15.5. The maximum absolute atomic E-state index is 12.7. The van der Waals surface area contributed by atoms with E-state index in [-0.39, 0.29) is 5.78 Å². The summed E-state index contributed by atoms with van der Waals surface area (Å²) in [5.41, 5.74) is 6.16. The van der Waals surface area contributed by atoms with Gasteiger partial charge in [-0.1, -0.05) is 24.3 Å². The first-order valence-electron chi connectivity index (χ1n) is 9.33. The number of nitrogens with one attached hydrogen (secondary N) is 2. The van der Waals surface area contributed by atoms with Gasteiger partial charge in [0, 0.05) is 35.6 Å². The fraction of sp³-hybridized carbons (Fsp3) is 0.261. The molecule has 134 valence electrons. The van der Waals surface area contributed by atoms with E-state index in [1.807, 2.05) is 12.2 Å². The van der Waals surface area contributed by atoms with Gasteiger partial charge in [0.25, 0.3) is 0 Å². The third kappa shape index (κ3) is 4.42. The molecule has 0 unspecified atom stereocenters. The molecule has 0 bridgehead atoms. The van der Waals surface area contributed by atoms with Crippen LogP contribution < -0.4 is 10.6 Å². The van der Waals surface area contributed by atoms with Crippen molar-refractivity contribution in [2.24, 2.45) is 0 Å². The van der Waals surface area contributed by atoms with Gasteiger partial charge in [0.05, 0.1) is 0 Å². The summed E-state index contributed by atoms with van der Waals surface area (Å²) in [4.78, 5) is 12.7. The van der Waals surface area contributed by atoms with Crippen molar-refractivity contribution in [1.29, 1.82) is 0 Å². The summed E-state index contributed by atoms with van der Waals surface area (Å²) < 4.78 is 0. The molecular weight excluding hydrogens is 320 g/mol. The van der Waals surface area contributed by atoms with Gasteiger partial charge in [-0.25, -0.2) is 0 Å². The highest BCUT2D eigenvalue weighted by Gasteiger charge is 2.22. The van der Waals surface area contributed by atoms with Crippen LogP contribution in [0, 0.1) is 0 Å². The minimum Gasteiger partial charge on any atom is -0.385 e. The van der Waals surface area contributed by atoms with Gasteiger partial charge in [0.1, 0.15) is 0 Å². The van der Waals surface area contributed by atoms with E-state index in [1.165, 1.54) is 0 Å². The molecule has 0 amide bonds. The first kappa shape index (κ1) is 18.0. The summed E-state index contributed by atoms with van der Waals surface area (Å²) in [7, 11) is 0. The molecule has 0 atom stereocenters. The van der Waals surface area contributed by atoms with Gasteiger partial charge in [-0.2, -0.15) is 0 Å². The maximum Gasteiger partial charge on any atom is 0.185 e. The number of benzene rings is 2. The zero-order chi connectivity index (χ0) is 18.4. The number of anilines is 2. The Morgan fingerprint density at radius 2 is 1.12 bits per heavy atom. The van der Waals surface area contributed by atoms with Crippen LogP contribution >= 0.6 is 0 Å². The molecule has 0 aromatic heterocycles. The molecule has 26 heavy (non-hydrogen) atoms. The number of allylic oxidation sites excluding steroid dienone is 2. The minimum atomic E-state index is 0.177. The second-order valence-corrected chi connectivity index (χ2v) is 6.47. The standard InChI is InChI=1S/C23H26N2O/c1-3-24-21-11-5-17(6-12-21)15-19-9-10-20(23(19)26)16-18-7-13-22(14-8-18)25-4-2/h5-8,11-16,24-25H,3-4,9-10H2,1-2H3. The molecule has 0 radical (unpaired) electrons. The fourth-order valence-electron chi connectivity index (χ4n) is 3.18. The molecule has 0 saturated heterocycles. The van der Waals surface area contributed by atoms with Crippen LogP contribution in [0.4, 0.5) is 11.4 Å². The van der Waals surface area contributed by atoms with Gasteiger partial charge in [-0.3, -0.25) is 4.79 Å². The van der Waals surface area contributed by atoms with Gasteiger partial charge in [-0.05, 0) is 74.2 Å². The van der Waals surface area contributed by atoms with Gasteiger partial charge in [0.2, 0.25) is 0 Å². The van der Waals surface area contributed by atoms with E-state index in [4.69, 9.17) is 0 Å². The molecule has 1 aliphatic carbocycles. The van der Waals surface area contributed by atoms with Crippen LogP contribution in [0.1, 0.15) is 37.8 Å². The van der Waals surface area contributed by atoms with Gasteiger partial charge in [0.15, 0.2) is 5.78 Å². The van der Waals surface area contributed by atoms with E-state index in [0.29, 0.717) is 0 Å². The second-order valence-electron chi connectivity index (χ2n) is 6.47. The number of rotatable bonds is 6. The van der Waals surface area contributed by atoms with Crippen molar-refractivity contribution in [2.75, 3.05) is 23.7 Å². The summed E-state index contributed by atoms with van der Waals surface area (Å²) in [6.07, 6.45) is 5.67. The van der Waals surface area contributed by atoms with Gasteiger partial charge in [-0.15, -0.1) is 0 Å². The van der Waals surface area contributed by atoms with Crippen LogP contribution in [0.2, 0.25) is 0 Å². The van der Waals surface area contributed by atoms with Crippen molar-refractivity contribution in [3.8, 4) is 0 Å². The third-order valence-corrected chi connectivity index (χ3v) is 4.51. The Bertz CT molecular complexity index is 745. The third-order valence-electron chi connectivity index (χ3n) is 4.51. The SMILES string of the molecule is CCNc1ccc(C=C2CCC(=Cc3ccc(NCC)cc3)C2=O)cc1. The van der Waals surface area contributed by atoms with Gasteiger partial charge >= 0.3 is 0 Å². The molecule has 2 aromatic rings. The van der Waals surface area contributed by atoms with Crippen LogP contribution in [0.5, 0.6) is 0 Å². The molecule has 1 fully saturated rings. The van der Waals surface area contributed by atoms with Crippen molar-refractivity contribution in [1.82, 2.24) is 0 Å². The molecule has 1 saturated carbocycles. The molecular formula is C23H26N2O. The molecule has 3 heteroatoms. The van der Waals surface area contributed by atoms with E-state index in [1.54, 1.807) is 0 Å². The predicted molar refractivity (Wildman–Crippen MR) is 111 cm³/mol. The number of hydrogen-bond acceptors (Lipinski definition) is 3. The summed E-state index contributed by atoms with van der Waals surface area (Å²) in [5.74, 6) is 0.177. The molecule has 3 rings (SSSR count). The number of carbonyl (C=O) groups is 1. The quantitative estimate of drug-likeness (QED) is 0.690. The molecule has 0 spiro atoms. The van der Waals surface area contributed by atoms with E-state index in [9.17, 15) is 4.79 Å². The Morgan fingerprint density at radius 3 is 1.46 bits per heavy atom. The molecule has 2 aromatic carbocycles. The first-order chi connectivity index (χ1) is 12.7. The van der Waals surface area contributed by atoms with Crippen LogP contribution in [0.3, 0.4) is 0 Å². The summed E-state index contributed by atoms with van der Waals surface area (Å²) in [6, 6.07) is 16.4. The lowest BCUT2D eigenvalue weighted by atomic mass is 10.1. The highest BCUT2D eigenvalue weighted by Crippen LogP contribution is 2.30. The van der Waals surface area contributed by atoms with Crippen LogP contribution in [-0.4, -0.2) is 18.9 Å². The van der Waals surface area contributed by atoms with Crippen molar-refractivity contribution >= 4 is 29.3 Å². The van der Waals surface area contributed by atoms with Crippen LogP contribution in [0.15, 0.2) is 59.7 Å². The maximum atomic E-state index is 12.7. The topological polar surface area (TPSA) is 41.1 Å². The average Bonchev–Trinajstić information content (AvgIpc) is 2.99. The second kappa shape index (κ2) is 8.52. The molecule has 2 N–H and O–H groups in total. The Balaban J connectivity index is 1.72. The lowest BCUT2D eigenvalue weighted by Crippen LogP contribution is -1.97. The lowest BCUT2D eigenvalue weighted by Gasteiger charge is -2.04. The largest absolute Gasteiger partial charge is 0.385 e. The Kier molecular flexibility index (Phi) is 5.90. The highest BCUT2D eigenvalue weighted by molar-refractivity contribution is 6.15. The summed E-state index contributed by atoms with van der Waals surface area (Å²) in [6.45, 7) is 5.97. The Hall–Kier alpha value is -2.81. The van der Waals surface area contributed by atoms with Crippen molar-refractivity contribution < 1.29 is 4.79 Å². The molecule has 3 nitrogen and oxygen atoms in total. The molecule has 1 aliphatic rings. The predicted octanol–water partition coefficient (Wildman–Crippen LogP) is 5.38. The fourth-order valence-corrected chi connectivity index (χ4v) is 3.18. The normalized spacial score (nSPS) is 17.1. The van der Waals surface area contributed by atoms with E-state index < -0.39 is 0 Å². The van der Waals surface area contributed by atoms with E-state index >= 15 is 0 Å². The Labute approximate surface area is 155 Å². The van der Waals surface area contributed by atoms with Gasteiger partial charge < -0.3 is 10.6 Å². The van der Waals surface area contributed by atoms with Crippen LogP contribution in [0.25, 0.3) is 12.2 Å². The number of hydrogen-bond donors (Lipinski definition) is 2. The van der Waals surface area contributed by atoms with Crippen molar-refractivity contribution in [3.05, 3.63) is 70.8 Å². The molecule has 0 heterocycles. The lowest BCUT2D eigenvalue weighted by molar-refractivity contribution is -0.111. The summed E-state index contributed by atoms with van der Waals surface area (Å²) in [5, 5.41) is 6.56. The van der Waals surface area contributed by atoms with Crippen molar-refractivity contribution in [3.63, 3.8) is 0 Å². The average molecular weight is 346 g/mol. The van der Waals surface area contributed by atoms with Crippen molar-refractivity contribution in [2.45, 2.75) is 26.7 Å². The monoisotopic (exact) mass is 346 g/mol. The number of carbonyl (C=O) groups excluding carboxylic acids is 1. The Morgan fingerprint density at radius 1 is 0.731 bits per heavy atom. The smallest absolute Gasteiger partial charge is 0.185 e. The summed E-state index contributed by atoms with van der Waals surface area (Å²) >= 11 is 0. The number of ketones is 1. The minimum absolute atomic E-state index is 0.177. The number of Topliss-reactive ketones (excluding diaryl/α,β-unsaturated/α-hetero) is 1. The van der Waals surface area contributed by atoms with E-state index in [0.717, 1.165) is 59.6 Å².